The first-order valence-electron chi connectivity index (χ1n) is 13.8. The van der Waals surface area contributed by atoms with E-state index in [1.807, 2.05) is 6.92 Å². The van der Waals surface area contributed by atoms with Crippen LogP contribution >= 0.6 is 0 Å². The van der Waals surface area contributed by atoms with Gasteiger partial charge in [0.1, 0.15) is 0 Å². The van der Waals surface area contributed by atoms with E-state index < -0.39 is 15.9 Å². The minimum absolute atomic E-state index is 0.0721. The molecule has 4 aliphatic carbocycles. The van der Waals surface area contributed by atoms with Crippen molar-refractivity contribution in [3.05, 3.63) is 0 Å². The smallest absolute Gasteiger partial charge is 0.266 e. The van der Waals surface area contributed by atoms with E-state index in [9.17, 15) is 23.4 Å². The number of carbonyl (C=O) groups is 1. The third kappa shape index (κ3) is 5.19. The molecule has 4 rings (SSSR count). The Bertz CT molecular complexity index is 894. The van der Waals surface area contributed by atoms with Crippen LogP contribution in [-0.4, -0.2) is 53.6 Å². The highest BCUT2D eigenvalue weighted by molar-refractivity contribution is 7.85. The van der Waals surface area contributed by atoms with Crippen molar-refractivity contribution < 1.29 is 28.0 Å². The van der Waals surface area contributed by atoms with Crippen molar-refractivity contribution in [1.82, 2.24) is 5.32 Å². The van der Waals surface area contributed by atoms with E-state index in [1.165, 1.54) is 6.42 Å². The van der Waals surface area contributed by atoms with E-state index >= 15 is 0 Å². The number of hydrogen-bond acceptors (Lipinski definition) is 5. The topological polar surface area (TPSA) is 124 Å². The molecule has 4 fully saturated rings. The Labute approximate surface area is 211 Å². The van der Waals surface area contributed by atoms with Gasteiger partial charge in [0.05, 0.1) is 18.0 Å². The average Bonchev–Trinajstić information content (AvgIpc) is 3.11. The second-order valence-corrected chi connectivity index (χ2v) is 14.7. The van der Waals surface area contributed by atoms with Crippen molar-refractivity contribution in [2.24, 2.45) is 52.3 Å². The van der Waals surface area contributed by atoms with Crippen LogP contribution in [0, 0.1) is 52.3 Å². The summed E-state index contributed by atoms with van der Waals surface area (Å²) in [6, 6.07) is 0. The van der Waals surface area contributed by atoms with Gasteiger partial charge in [-0.3, -0.25) is 9.35 Å². The molecule has 4 aliphatic rings. The van der Waals surface area contributed by atoms with Crippen LogP contribution in [0.5, 0.6) is 0 Å². The number of hydrogen-bond donors (Lipinski definition) is 4. The number of fused-ring (bicyclic) bond motifs is 5. The lowest BCUT2D eigenvalue weighted by Gasteiger charge is -2.62. The normalized spacial score (nSPS) is 45.1. The second kappa shape index (κ2) is 9.88. The number of aliphatic hydroxyl groups is 2. The maximum Gasteiger partial charge on any atom is 0.266 e. The van der Waals surface area contributed by atoms with Gasteiger partial charge in [-0.25, -0.2) is 0 Å². The van der Waals surface area contributed by atoms with Crippen LogP contribution in [0.15, 0.2) is 0 Å². The molecule has 0 radical (unpaired) electrons. The first-order valence-corrected chi connectivity index (χ1v) is 15.5. The van der Waals surface area contributed by atoms with Gasteiger partial charge >= 0.3 is 0 Å². The molecule has 1 amide bonds. The molecule has 0 saturated heterocycles. The van der Waals surface area contributed by atoms with Crippen molar-refractivity contribution >= 4 is 16.0 Å². The molecule has 8 heteroatoms. The van der Waals surface area contributed by atoms with Gasteiger partial charge in [-0.05, 0) is 104 Å². The molecular formula is C27H47NO6S. The first kappa shape index (κ1) is 27.3. The van der Waals surface area contributed by atoms with Gasteiger partial charge in [0.2, 0.25) is 5.91 Å². The van der Waals surface area contributed by atoms with Crippen LogP contribution in [0.25, 0.3) is 0 Å². The summed E-state index contributed by atoms with van der Waals surface area (Å²) in [5, 5.41) is 24.3. The molecule has 11 atom stereocenters. The maximum atomic E-state index is 12.5. The van der Waals surface area contributed by atoms with E-state index in [0.29, 0.717) is 35.5 Å². The van der Waals surface area contributed by atoms with Crippen molar-refractivity contribution in [1.29, 1.82) is 0 Å². The molecule has 0 aliphatic heterocycles. The van der Waals surface area contributed by atoms with Gasteiger partial charge in [0.25, 0.3) is 10.1 Å². The Hall–Kier alpha value is -0.700. The van der Waals surface area contributed by atoms with Crippen molar-refractivity contribution in [2.75, 3.05) is 12.3 Å². The van der Waals surface area contributed by atoms with Crippen LogP contribution in [0.2, 0.25) is 0 Å². The molecule has 35 heavy (non-hydrogen) atoms. The highest BCUT2D eigenvalue weighted by Gasteiger charge is 2.62. The number of amides is 1. The fraction of sp³-hybridized carbons (Fsp3) is 0.963. The van der Waals surface area contributed by atoms with Crippen LogP contribution < -0.4 is 5.32 Å². The SMILES string of the molecule is C[C@H](C[C@H](C)C(=O)NCCS(=O)(=O)O)[C@H]1CCC2C3C(CC[C@@]21C)[C@@]1(C)CC[C@@H](O)CC1C[C@H]3O. The monoisotopic (exact) mass is 513 g/mol. The Morgan fingerprint density at radius 3 is 2.34 bits per heavy atom. The van der Waals surface area contributed by atoms with Gasteiger partial charge in [-0.2, -0.15) is 8.42 Å². The Morgan fingerprint density at radius 2 is 1.66 bits per heavy atom. The van der Waals surface area contributed by atoms with Crippen molar-refractivity contribution in [3.63, 3.8) is 0 Å². The average molecular weight is 514 g/mol. The molecule has 0 aromatic heterocycles. The zero-order chi connectivity index (χ0) is 25.8. The van der Waals surface area contributed by atoms with Gasteiger partial charge in [-0.1, -0.05) is 27.7 Å². The molecule has 7 nitrogen and oxygen atoms in total. The zero-order valence-corrected chi connectivity index (χ0v) is 22.8. The molecular weight excluding hydrogens is 466 g/mol. The van der Waals surface area contributed by atoms with Crippen LogP contribution in [0.3, 0.4) is 0 Å². The van der Waals surface area contributed by atoms with Crippen LogP contribution in [0.4, 0.5) is 0 Å². The van der Waals surface area contributed by atoms with Crippen LogP contribution in [0.1, 0.15) is 85.5 Å². The van der Waals surface area contributed by atoms with Gasteiger partial charge in [-0.15, -0.1) is 0 Å². The highest BCUT2D eigenvalue weighted by atomic mass is 32.2. The van der Waals surface area contributed by atoms with E-state index in [4.69, 9.17) is 4.55 Å². The molecule has 0 aromatic rings. The minimum atomic E-state index is -4.08. The fourth-order valence-corrected chi connectivity index (χ4v) is 9.84. The highest BCUT2D eigenvalue weighted by Crippen LogP contribution is 2.68. The third-order valence-electron chi connectivity index (χ3n) is 11.2. The number of rotatable bonds is 7. The summed E-state index contributed by atoms with van der Waals surface area (Å²) in [5.74, 6) is 1.81. The van der Waals surface area contributed by atoms with Crippen molar-refractivity contribution in [3.8, 4) is 0 Å². The molecule has 202 valence electrons. The number of aliphatic hydroxyl groups excluding tert-OH is 2. The van der Waals surface area contributed by atoms with E-state index in [1.54, 1.807) is 0 Å². The summed E-state index contributed by atoms with van der Waals surface area (Å²) in [4.78, 5) is 12.5. The first-order chi connectivity index (χ1) is 16.3. The lowest BCUT2D eigenvalue weighted by molar-refractivity contribution is -0.174. The standard InChI is InChI=1S/C27H47NO6S/c1-16(13-17(2)25(31)28-11-12-35(32,33)34)20-5-6-21-24-22(8-10-27(20,21)4)26(3)9-7-19(29)14-18(26)15-23(24)30/h16-24,29-30H,5-15H2,1-4H3,(H,28,31)(H,32,33,34)/t16-,17+,18?,19-,20-,21?,22?,23-,24?,26+,27-/m1/s1. The molecule has 4 saturated carbocycles. The summed E-state index contributed by atoms with van der Waals surface area (Å²) in [5.41, 5.74) is 0.392. The molecule has 0 heterocycles. The summed E-state index contributed by atoms with van der Waals surface area (Å²) in [6.45, 7) is 8.95. The second-order valence-electron chi connectivity index (χ2n) is 13.1. The summed E-state index contributed by atoms with van der Waals surface area (Å²) >= 11 is 0. The van der Waals surface area contributed by atoms with Crippen molar-refractivity contribution in [2.45, 2.75) is 97.7 Å². The van der Waals surface area contributed by atoms with E-state index in [2.05, 4.69) is 26.1 Å². The molecule has 4 N–H and O–H groups in total. The van der Waals surface area contributed by atoms with Crippen LogP contribution in [-0.2, 0) is 14.9 Å². The van der Waals surface area contributed by atoms with E-state index in [-0.39, 0.29) is 41.4 Å². The van der Waals surface area contributed by atoms with E-state index in [0.717, 1.165) is 51.4 Å². The third-order valence-corrected chi connectivity index (χ3v) is 12.0. The fourth-order valence-electron chi connectivity index (χ4n) is 9.48. The van der Waals surface area contributed by atoms with Gasteiger partial charge in [0, 0.05) is 12.5 Å². The molecule has 0 spiro atoms. The minimum Gasteiger partial charge on any atom is -0.393 e. The number of nitrogens with one attached hydrogen (secondary N) is 1. The largest absolute Gasteiger partial charge is 0.393 e. The quantitative estimate of drug-likeness (QED) is 0.385. The summed E-state index contributed by atoms with van der Waals surface area (Å²) in [6.07, 6.45) is 8.45. The lowest BCUT2D eigenvalue weighted by atomic mass is 9.43. The Kier molecular flexibility index (Phi) is 7.72. The molecule has 0 aromatic carbocycles. The molecule has 0 bridgehead atoms. The zero-order valence-electron chi connectivity index (χ0n) is 21.9. The van der Waals surface area contributed by atoms with Gasteiger partial charge in [0.15, 0.2) is 0 Å². The predicted molar refractivity (Wildman–Crippen MR) is 135 cm³/mol. The molecule has 4 unspecified atom stereocenters. The maximum absolute atomic E-state index is 12.5. The Balaban J connectivity index is 1.42. The summed E-state index contributed by atoms with van der Waals surface area (Å²) < 4.78 is 30.7. The number of carbonyl (C=O) groups excluding carboxylic acids is 1. The Morgan fingerprint density at radius 1 is 1.00 bits per heavy atom. The predicted octanol–water partition coefficient (Wildman–Crippen LogP) is 3.64. The lowest BCUT2D eigenvalue weighted by Crippen LogP contribution is -2.58. The van der Waals surface area contributed by atoms with Gasteiger partial charge < -0.3 is 15.5 Å². The summed E-state index contributed by atoms with van der Waals surface area (Å²) in [7, 11) is -4.08.